The lowest BCUT2D eigenvalue weighted by atomic mass is 10.1. The highest BCUT2D eigenvalue weighted by Crippen LogP contribution is 2.44. The molecular formula is C10H2F9N3O2. The number of nitrogens with zero attached hydrogens (tertiary/aromatic N) is 3. The van der Waals surface area contributed by atoms with Gasteiger partial charge in [0, 0.05) is 0 Å². The fourth-order valence-electron chi connectivity index (χ4n) is 1.91. The van der Waals surface area contributed by atoms with Crippen LogP contribution in [0.3, 0.4) is 0 Å². The molecule has 0 saturated carbocycles. The zero-order valence-electron chi connectivity index (χ0n) is 10.7. The van der Waals surface area contributed by atoms with E-state index in [2.05, 4.69) is 10.3 Å². The van der Waals surface area contributed by atoms with E-state index in [0.29, 0.717) is 0 Å². The van der Waals surface area contributed by atoms with Gasteiger partial charge in [0.25, 0.3) is 0 Å². The summed E-state index contributed by atoms with van der Waals surface area (Å²) in [5, 5.41) is 13.5. The van der Waals surface area contributed by atoms with Crippen molar-refractivity contribution >= 4 is 17.0 Å². The first kappa shape index (κ1) is 17.8. The molecule has 0 fully saturated rings. The maximum absolute atomic E-state index is 13.8. The van der Waals surface area contributed by atoms with Crippen molar-refractivity contribution < 1.29 is 49.4 Å². The molecule has 1 aromatic heterocycles. The predicted molar refractivity (Wildman–Crippen MR) is 55.5 cm³/mol. The van der Waals surface area contributed by atoms with E-state index in [1.165, 1.54) is 0 Å². The van der Waals surface area contributed by atoms with E-state index >= 15 is 0 Å². The Kier molecular flexibility index (Phi) is 3.89. The summed E-state index contributed by atoms with van der Waals surface area (Å²) < 4.78 is 116. The molecule has 14 heteroatoms. The smallest absolute Gasteiger partial charge is 0.419 e. The molecule has 5 nitrogen and oxygen atoms in total. The van der Waals surface area contributed by atoms with Gasteiger partial charge in [-0.3, -0.25) is 0 Å². The zero-order valence-corrected chi connectivity index (χ0v) is 10.7. The first-order valence-electron chi connectivity index (χ1n) is 5.56. The van der Waals surface area contributed by atoms with Crippen LogP contribution in [0, 0.1) is 17.5 Å². The third-order valence-electron chi connectivity index (χ3n) is 2.82. The van der Waals surface area contributed by atoms with Crippen LogP contribution in [0.2, 0.25) is 0 Å². The summed E-state index contributed by atoms with van der Waals surface area (Å²) in [4.78, 5) is 10.6. The van der Waals surface area contributed by atoms with E-state index in [-0.39, 0.29) is 0 Å². The quantitative estimate of drug-likeness (QED) is 0.654. The number of hydrogen-bond donors (Lipinski definition) is 1. The van der Waals surface area contributed by atoms with Crippen LogP contribution in [0.5, 0.6) is 0 Å². The number of benzene rings is 1. The van der Waals surface area contributed by atoms with E-state index in [1.807, 2.05) is 0 Å². The second kappa shape index (κ2) is 5.24. The van der Waals surface area contributed by atoms with E-state index in [4.69, 9.17) is 5.11 Å². The van der Waals surface area contributed by atoms with Gasteiger partial charge in [0.2, 0.25) is 6.04 Å². The van der Waals surface area contributed by atoms with Gasteiger partial charge in [-0.2, -0.15) is 26.3 Å². The molecule has 2 rings (SSSR count). The lowest BCUT2D eigenvalue weighted by Gasteiger charge is -2.23. The van der Waals surface area contributed by atoms with E-state index in [1.54, 1.807) is 0 Å². The monoisotopic (exact) mass is 367 g/mol. The maximum Gasteiger partial charge on any atom is 0.419 e. The Bertz CT molecular complexity index is 810. The predicted octanol–water partition coefficient (Wildman–Crippen LogP) is 3.21. The molecule has 0 unspecified atom stereocenters. The summed E-state index contributed by atoms with van der Waals surface area (Å²) in [5.41, 5.74) is -5.43. The minimum Gasteiger partial charge on any atom is -0.477 e. The highest BCUT2D eigenvalue weighted by atomic mass is 19.4. The number of carboxylic acids is 1. The van der Waals surface area contributed by atoms with Crippen molar-refractivity contribution in [2.75, 3.05) is 0 Å². The lowest BCUT2D eigenvalue weighted by Crippen LogP contribution is -2.39. The number of alkyl halides is 6. The SMILES string of the molecule is O=C(O)c1c(F)c(F)c2c(nnn2C(C(F)(F)F)C(F)(F)F)c1F. The van der Waals surface area contributed by atoms with Gasteiger partial charge in [-0.15, -0.1) is 5.10 Å². The van der Waals surface area contributed by atoms with E-state index in [9.17, 15) is 44.3 Å². The molecule has 0 aliphatic heterocycles. The number of rotatable bonds is 2. The molecule has 1 aromatic carbocycles. The third-order valence-corrected chi connectivity index (χ3v) is 2.82. The Balaban J connectivity index is 2.91. The van der Waals surface area contributed by atoms with Crippen molar-refractivity contribution in [2.24, 2.45) is 0 Å². The lowest BCUT2D eigenvalue weighted by molar-refractivity contribution is -0.276. The molecular weight excluding hydrogens is 365 g/mol. The molecule has 0 radical (unpaired) electrons. The fraction of sp³-hybridized carbons (Fsp3) is 0.300. The van der Waals surface area contributed by atoms with Crippen LogP contribution in [0.1, 0.15) is 16.4 Å². The van der Waals surface area contributed by atoms with Crippen LogP contribution < -0.4 is 0 Å². The van der Waals surface area contributed by atoms with Crippen molar-refractivity contribution in [1.29, 1.82) is 0 Å². The molecule has 0 spiro atoms. The largest absolute Gasteiger partial charge is 0.477 e. The summed E-state index contributed by atoms with van der Waals surface area (Å²) >= 11 is 0. The normalized spacial score (nSPS) is 13.1. The minimum absolute atomic E-state index is 1.09. The van der Waals surface area contributed by atoms with Crippen LogP contribution in [-0.4, -0.2) is 38.4 Å². The number of aromatic nitrogens is 3. The minimum atomic E-state index is -6.05. The number of aromatic carboxylic acids is 1. The molecule has 0 amide bonds. The number of halogens is 9. The van der Waals surface area contributed by atoms with Crippen molar-refractivity contribution in [1.82, 2.24) is 15.0 Å². The van der Waals surface area contributed by atoms with Gasteiger partial charge in [0.05, 0.1) is 0 Å². The molecule has 0 saturated heterocycles. The summed E-state index contributed by atoms with van der Waals surface area (Å²) in [5.74, 6) is -9.46. The van der Waals surface area contributed by atoms with Crippen LogP contribution in [0.4, 0.5) is 39.5 Å². The van der Waals surface area contributed by atoms with Gasteiger partial charge in [0.1, 0.15) is 11.1 Å². The van der Waals surface area contributed by atoms with E-state index in [0.717, 1.165) is 0 Å². The molecule has 0 aliphatic rings. The standard InChI is InChI=1S/C10H2F9N3O2/c11-2-1(7(23)24)3(12)5-6(4(2)13)22(21-20-5)8(9(14,15)16)10(17,18)19/h8H,(H,23,24). The number of carbonyl (C=O) groups is 1. The average molecular weight is 367 g/mol. The highest BCUT2D eigenvalue weighted by molar-refractivity contribution is 5.93. The van der Waals surface area contributed by atoms with Crippen molar-refractivity contribution in [3.05, 3.63) is 23.0 Å². The molecule has 0 bridgehead atoms. The van der Waals surface area contributed by atoms with Gasteiger partial charge >= 0.3 is 18.3 Å². The Morgan fingerprint density at radius 3 is 1.88 bits per heavy atom. The second-order valence-electron chi connectivity index (χ2n) is 4.34. The molecule has 1 N–H and O–H groups in total. The summed E-state index contributed by atoms with van der Waals surface area (Å²) in [7, 11) is 0. The summed E-state index contributed by atoms with van der Waals surface area (Å²) in [6.45, 7) is 0. The molecule has 2 aromatic rings. The average Bonchev–Trinajstić information content (AvgIpc) is 2.77. The van der Waals surface area contributed by atoms with Crippen molar-refractivity contribution in [3.8, 4) is 0 Å². The Morgan fingerprint density at radius 2 is 1.46 bits per heavy atom. The van der Waals surface area contributed by atoms with Crippen LogP contribution in [0.25, 0.3) is 11.0 Å². The van der Waals surface area contributed by atoms with E-state index < -0.39 is 63.1 Å². The van der Waals surface area contributed by atoms with Crippen LogP contribution >= 0.6 is 0 Å². The fourth-order valence-corrected chi connectivity index (χ4v) is 1.91. The first-order chi connectivity index (χ1) is 10.8. The number of carboxylic acid groups (broad SMARTS) is 1. The molecule has 132 valence electrons. The maximum atomic E-state index is 13.8. The van der Waals surface area contributed by atoms with Crippen molar-refractivity contribution in [2.45, 2.75) is 18.4 Å². The topological polar surface area (TPSA) is 68.0 Å². The molecule has 24 heavy (non-hydrogen) atoms. The number of fused-ring (bicyclic) bond motifs is 1. The third kappa shape index (κ3) is 2.60. The van der Waals surface area contributed by atoms with Gasteiger partial charge in [0.15, 0.2) is 23.0 Å². The second-order valence-corrected chi connectivity index (χ2v) is 4.34. The van der Waals surface area contributed by atoms with Gasteiger partial charge in [-0.1, -0.05) is 5.21 Å². The first-order valence-corrected chi connectivity index (χ1v) is 5.56. The Hall–Kier alpha value is -2.54. The summed E-state index contributed by atoms with van der Waals surface area (Å²) in [6.07, 6.45) is -12.1. The molecule has 0 aliphatic carbocycles. The van der Waals surface area contributed by atoms with Gasteiger partial charge in [-0.05, 0) is 0 Å². The zero-order chi connectivity index (χ0) is 18.6. The van der Waals surface area contributed by atoms with Crippen LogP contribution in [0.15, 0.2) is 0 Å². The Labute approximate surface area is 124 Å². The summed E-state index contributed by atoms with van der Waals surface area (Å²) in [6, 6.07) is -4.45. The Morgan fingerprint density at radius 1 is 0.958 bits per heavy atom. The van der Waals surface area contributed by atoms with Gasteiger partial charge < -0.3 is 5.11 Å². The molecule has 0 atom stereocenters. The van der Waals surface area contributed by atoms with Crippen LogP contribution in [-0.2, 0) is 0 Å². The van der Waals surface area contributed by atoms with Gasteiger partial charge in [-0.25, -0.2) is 22.6 Å². The molecule has 1 heterocycles. The number of hydrogen-bond acceptors (Lipinski definition) is 3. The van der Waals surface area contributed by atoms with Crippen molar-refractivity contribution in [3.63, 3.8) is 0 Å². The highest BCUT2D eigenvalue weighted by Gasteiger charge is 2.59.